The monoisotopic (exact) mass is 468 g/mol. The van der Waals surface area contributed by atoms with Gasteiger partial charge in [0.25, 0.3) is 4.93 Å². The fourth-order valence-corrected chi connectivity index (χ4v) is 3.71. The molecule has 2 unspecified atom stereocenters. The molecule has 172 valence electrons. The van der Waals surface area contributed by atoms with E-state index in [-0.39, 0.29) is 54.9 Å². The van der Waals surface area contributed by atoms with Crippen molar-refractivity contribution in [1.82, 2.24) is 5.32 Å². The molecule has 1 aromatic rings. The van der Waals surface area contributed by atoms with E-state index in [9.17, 15) is 27.7 Å². The van der Waals surface area contributed by atoms with Gasteiger partial charge in [-0.15, -0.1) is 0 Å². The Morgan fingerprint density at radius 3 is 2.23 bits per heavy atom. The van der Waals surface area contributed by atoms with Crippen LogP contribution in [0.4, 0.5) is 0 Å². The molecule has 0 saturated heterocycles. The van der Waals surface area contributed by atoms with Gasteiger partial charge in [-0.1, -0.05) is 44.2 Å². The second-order valence-electron chi connectivity index (χ2n) is 8.39. The van der Waals surface area contributed by atoms with Crippen LogP contribution >= 0.6 is 0 Å². The zero-order chi connectivity index (χ0) is 23.2. The van der Waals surface area contributed by atoms with Gasteiger partial charge in [-0.3, -0.25) is 14.1 Å². The molecule has 0 fully saturated rings. The second kappa shape index (κ2) is 12.4. The number of benzene rings is 1. The van der Waals surface area contributed by atoms with Gasteiger partial charge in [0.15, 0.2) is 5.78 Å². The maximum absolute atomic E-state index is 12.5. The van der Waals surface area contributed by atoms with Gasteiger partial charge in [0.2, 0.25) is 0 Å². The number of aliphatic hydroxyl groups is 1. The Hall–Kier alpha value is -0.850. The predicted octanol–water partition coefficient (Wildman–Crippen LogP) is 0.359. The molecule has 0 aliphatic carbocycles. The first kappa shape index (κ1) is 30.2. The van der Waals surface area contributed by atoms with E-state index in [1.165, 1.54) is 0 Å². The summed E-state index contributed by atoms with van der Waals surface area (Å²) in [6, 6.07) is 7.59. The van der Waals surface area contributed by atoms with Crippen molar-refractivity contribution in [3.63, 3.8) is 0 Å². The average Bonchev–Trinajstić information content (AvgIpc) is 2.62. The van der Waals surface area contributed by atoms with Gasteiger partial charge >= 0.3 is 45.6 Å². The number of nitrogens with two attached hydrogens (primary N) is 1. The van der Waals surface area contributed by atoms with Crippen LogP contribution in [0, 0.1) is 5.92 Å². The van der Waals surface area contributed by atoms with Gasteiger partial charge in [0.05, 0.1) is 19.0 Å². The molecule has 0 spiro atoms. The summed E-state index contributed by atoms with van der Waals surface area (Å²) in [5.41, 5.74) is 5.61. The van der Waals surface area contributed by atoms with Crippen LogP contribution in [0.2, 0.25) is 0 Å². The summed E-state index contributed by atoms with van der Waals surface area (Å²) in [5.74, 6) is -1.85. The Bertz CT molecular complexity index is 831. The van der Waals surface area contributed by atoms with Crippen molar-refractivity contribution in [1.29, 1.82) is 0 Å². The van der Waals surface area contributed by atoms with Crippen LogP contribution in [-0.4, -0.2) is 82.4 Å². The Morgan fingerprint density at radius 1 is 1.19 bits per heavy atom. The summed E-state index contributed by atoms with van der Waals surface area (Å²) < 4.78 is 38.2. The van der Waals surface area contributed by atoms with E-state index in [2.05, 4.69) is 5.32 Å². The standard InChI is InChI=1S/C20H32N2O7S.Na.H/c1-14(2)10-16(21)20(25,30(26,27)28)17(23)12-22-19(3,4)11-18(24)29-13-15-8-6-5-7-9-15;;/h5-9,14,16,22,25H,10-13,21H2,1-4H3,(H,26,27,28);;. The molecule has 0 aromatic heterocycles. The molecule has 31 heavy (non-hydrogen) atoms. The van der Waals surface area contributed by atoms with Crippen LogP contribution in [0.15, 0.2) is 30.3 Å². The molecule has 0 amide bonds. The van der Waals surface area contributed by atoms with Gasteiger partial charge in [0, 0.05) is 5.54 Å². The van der Waals surface area contributed by atoms with Crippen LogP contribution in [0.25, 0.3) is 0 Å². The third-order valence-electron chi connectivity index (χ3n) is 4.58. The normalized spacial score (nSPS) is 15.0. The van der Waals surface area contributed by atoms with Crippen molar-refractivity contribution in [2.24, 2.45) is 11.7 Å². The fraction of sp³-hybridized carbons (Fsp3) is 0.600. The summed E-state index contributed by atoms with van der Waals surface area (Å²) in [6.07, 6.45) is -0.118. The summed E-state index contributed by atoms with van der Waals surface area (Å²) in [6.45, 7) is 6.17. The first-order valence-electron chi connectivity index (χ1n) is 9.62. The first-order valence-corrected chi connectivity index (χ1v) is 11.1. The minimum absolute atomic E-state index is 0. The van der Waals surface area contributed by atoms with Crippen molar-refractivity contribution < 1.29 is 32.4 Å². The Kier molecular flexibility index (Phi) is 12.1. The van der Waals surface area contributed by atoms with E-state index < -0.39 is 44.9 Å². The number of Topliss-reactive ketones (excluding diaryl/α,β-unsaturated/α-hetero) is 1. The maximum atomic E-state index is 12.5. The number of ether oxygens (including phenoxy) is 1. The van der Waals surface area contributed by atoms with Crippen molar-refractivity contribution in [3.05, 3.63) is 35.9 Å². The number of carbonyl (C=O) groups is 2. The summed E-state index contributed by atoms with van der Waals surface area (Å²) in [5, 5.41) is 13.2. The van der Waals surface area contributed by atoms with Gasteiger partial charge in [0.1, 0.15) is 6.61 Å². The third kappa shape index (κ3) is 9.27. The molecular weight excluding hydrogens is 435 g/mol. The van der Waals surface area contributed by atoms with Gasteiger partial charge in [-0.2, -0.15) is 8.42 Å². The van der Waals surface area contributed by atoms with Crippen molar-refractivity contribution in [2.45, 2.75) is 63.7 Å². The quantitative estimate of drug-likeness (QED) is 0.193. The molecule has 11 heteroatoms. The second-order valence-corrected chi connectivity index (χ2v) is 9.96. The van der Waals surface area contributed by atoms with E-state index in [0.717, 1.165) is 5.56 Å². The SMILES string of the molecule is CC(C)CC(N)C(O)(C(=O)CNC(C)(C)CC(=O)OCc1ccccc1)S(=O)(=O)O.[NaH]. The number of esters is 1. The van der Waals surface area contributed by atoms with Crippen molar-refractivity contribution in [2.75, 3.05) is 6.54 Å². The zero-order valence-electron chi connectivity index (χ0n) is 17.8. The van der Waals surface area contributed by atoms with Crippen LogP contribution in [0.1, 0.15) is 46.1 Å². The zero-order valence-corrected chi connectivity index (χ0v) is 18.6. The van der Waals surface area contributed by atoms with Crippen LogP contribution in [0.3, 0.4) is 0 Å². The molecule has 5 N–H and O–H groups in total. The summed E-state index contributed by atoms with van der Waals surface area (Å²) >= 11 is 0. The van der Waals surface area contributed by atoms with Crippen LogP contribution in [0.5, 0.6) is 0 Å². The molecule has 0 bridgehead atoms. The number of nitrogens with one attached hydrogen (secondary N) is 1. The van der Waals surface area contributed by atoms with E-state index in [1.54, 1.807) is 27.7 Å². The van der Waals surface area contributed by atoms with E-state index in [4.69, 9.17) is 10.5 Å². The van der Waals surface area contributed by atoms with Gasteiger partial charge < -0.3 is 20.9 Å². The first-order chi connectivity index (χ1) is 13.7. The number of hydrogen-bond donors (Lipinski definition) is 4. The number of hydrogen-bond acceptors (Lipinski definition) is 8. The summed E-state index contributed by atoms with van der Waals surface area (Å²) in [4.78, 5) is 21.5. The third-order valence-corrected chi connectivity index (χ3v) is 5.89. The average molecular weight is 469 g/mol. The van der Waals surface area contributed by atoms with E-state index in [0.29, 0.717) is 0 Å². The predicted molar refractivity (Wildman–Crippen MR) is 119 cm³/mol. The summed E-state index contributed by atoms with van der Waals surface area (Å²) in [7, 11) is -5.19. The number of ketones is 1. The minimum atomic E-state index is -5.19. The molecule has 0 aliphatic rings. The molecule has 1 aromatic carbocycles. The molecule has 9 nitrogen and oxygen atoms in total. The van der Waals surface area contributed by atoms with Gasteiger partial charge in [-0.25, -0.2) is 0 Å². The fourth-order valence-electron chi connectivity index (χ4n) is 2.87. The Morgan fingerprint density at radius 2 is 1.74 bits per heavy atom. The van der Waals surface area contributed by atoms with Crippen molar-refractivity contribution in [3.8, 4) is 0 Å². The molecule has 0 saturated carbocycles. The molecule has 2 atom stereocenters. The Labute approximate surface area is 206 Å². The number of carbonyl (C=O) groups excluding carboxylic acids is 2. The van der Waals surface area contributed by atoms with Crippen LogP contribution in [-0.2, 0) is 31.1 Å². The molecular formula is C20H33N2NaO7S. The topological polar surface area (TPSA) is 156 Å². The molecule has 1 rings (SSSR count). The number of rotatable bonds is 12. The van der Waals surface area contributed by atoms with E-state index in [1.807, 2.05) is 30.3 Å². The molecule has 0 aliphatic heterocycles. The Balaban J connectivity index is 0.00000900. The molecule has 0 heterocycles. The van der Waals surface area contributed by atoms with Crippen LogP contribution < -0.4 is 11.1 Å². The van der Waals surface area contributed by atoms with E-state index >= 15 is 0 Å². The molecule has 0 radical (unpaired) electrons. The van der Waals surface area contributed by atoms with Gasteiger partial charge in [-0.05, 0) is 31.7 Å². The van der Waals surface area contributed by atoms with Crippen molar-refractivity contribution >= 4 is 51.4 Å².